The molecule has 110 valence electrons. The highest BCUT2D eigenvalue weighted by molar-refractivity contribution is 7.99. The predicted octanol–water partition coefficient (Wildman–Crippen LogP) is 1.91. The molecule has 21 heavy (non-hydrogen) atoms. The minimum atomic E-state index is -0.0767. The second-order valence-electron chi connectivity index (χ2n) is 4.92. The number of hydrogen-bond acceptors (Lipinski definition) is 6. The van der Waals surface area contributed by atoms with Gasteiger partial charge in [0.05, 0.1) is 11.8 Å². The highest BCUT2D eigenvalue weighted by atomic mass is 32.2. The van der Waals surface area contributed by atoms with Crippen LogP contribution in [0.3, 0.4) is 0 Å². The lowest BCUT2D eigenvalue weighted by Crippen LogP contribution is -2.15. The first kappa shape index (κ1) is 14.0. The molecule has 0 atom stereocenters. The lowest BCUT2D eigenvalue weighted by atomic mass is 10.3. The largest absolute Gasteiger partial charge is 0.325 e. The van der Waals surface area contributed by atoms with E-state index in [4.69, 9.17) is 0 Å². The summed E-state index contributed by atoms with van der Waals surface area (Å²) in [4.78, 5) is 15.8. The van der Waals surface area contributed by atoms with Crippen molar-refractivity contribution in [3.05, 3.63) is 24.5 Å². The lowest BCUT2D eigenvalue weighted by Gasteiger charge is -2.10. The number of hydrogen-bond donors (Lipinski definition) is 1. The Kier molecular flexibility index (Phi) is 4.44. The van der Waals surface area contributed by atoms with Gasteiger partial charge in [-0.25, -0.2) is 4.68 Å². The minimum Gasteiger partial charge on any atom is -0.325 e. The topological polar surface area (TPSA) is 85.6 Å². The first-order valence-electron chi connectivity index (χ1n) is 6.93. The Balaban J connectivity index is 1.55. The highest BCUT2D eigenvalue weighted by Gasteiger charge is 2.22. The molecule has 1 amide bonds. The van der Waals surface area contributed by atoms with Crippen molar-refractivity contribution in [3.63, 3.8) is 0 Å². The van der Waals surface area contributed by atoms with Crippen molar-refractivity contribution in [2.75, 3.05) is 11.1 Å². The third-order valence-corrected chi connectivity index (χ3v) is 4.36. The number of nitrogens with zero attached hydrogens (tertiary/aromatic N) is 5. The maximum Gasteiger partial charge on any atom is 0.234 e. The molecule has 0 bridgehead atoms. The van der Waals surface area contributed by atoms with Gasteiger partial charge in [-0.3, -0.25) is 9.78 Å². The van der Waals surface area contributed by atoms with Gasteiger partial charge < -0.3 is 5.32 Å². The van der Waals surface area contributed by atoms with Gasteiger partial charge in [0, 0.05) is 18.1 Å². The number of anilines is 1. The summed E-state index contributed by atoms with van der Waals surface area (Å²) in [6.45, 7) is 0. The highest BCUT2D eigenvalue weighted by Crippen LogP contribution is 2.31. The molecule has 0 aromatic carbocycles. The molecule has 8 heteroatoms. The second-order valence-corrected chi connectivity index (χ2v) is 5.86. The molecule has 1 aliphatic carbocycles. The van der Waals surface area contributed by atoms with Gasteiger partial charge in [-0.2, -0.15) is 0 Å². The van der Waals surface area contributed by atoms with Crippen molar-refractivity contribution in [2.45, 2.75) is 36.9 Å². The summed E-state index contributed by atoms with van der Waals surface area (Å²) in [5.74, 6) is 0.210. The van der Waals surface area contributed by atoms with Gasteiger partial charge in [0.25, 0.3) is 0 Å². The van der Waals surface area contributed by atoms with Crippen LogP contribution in [0.4, 0.5) is 5.69 Å². The van der Waals surface area contributed by atoms with Gasteiger partial charge in [0.15, 0.2) is 0 Å². The van der Waals surface area contributed by atoms with E-state index in [9.17, 15) is 4.79 Å². The van der Waals surface area contributed by atoms with E-state index >= 15 is 0 Å². The Labute approximate surface area is 126 Å². The van der Waals surface area contributed by atoms with Crippen molar-refractivity contribution in [3.8, 4) is 0 Å². The van der Waals surface area contributed by atoms with Crippen LogP contribution in [0.2, 0.25) is 0 Å². The van der Waals surface area contributed by atoms with Gasteiger partial charge >= 0.3 is 0 Å². The first-order chi connectivity index (χ1) is 10.3. The number of thioether (sulfide) groups is 1. The number of rotatable bonds is 5. The van der Waals surface area contributed by atoms with Crippen molar-refractivity contribution in [1.82, 2.24) is 25.2 Å². The van der Waals surface area contributed by atoms with Gasteiger partial charge in [-0.15, -0.1) is 5.10 Å². The van der Waals surface area contributed by atoms with Crippen LogP contribution in [0.1, 0.15) is 31.7 Å². The molecule has 1 saturated carbocycles. The molecule has 7 nitrogen and oxygen atoms in total. The molecule has 0 spiro atoms. The smallest absolute Gasteiger partial charge is 0.234 e. The number of carbonyl (C=O) groups excluding carboxylic acids is 1. The lowest BCUT2D eigenvalue weighted by molar-refractivity contribution is -0.113. The fourth-order valence-electron chi connectivity index (χ4n) is 2.42. The fraction of sp³-hybridized carbons (Fsp3) is 0.462. The number of carbonyl (C=O) groups is 1. The Hall–Kier alpha value is -1.96. The van der Waals surface area contributed by atoms with Gasteiger partial charge in [0.1, 0.15) is 0 Å². The summed E-state index contributed by atoms with van der Waals surface area (Å²) in [5, 5.41) is 15.3. The molecule has 2 aromatic heterocycles. The summed E-state index contributed by atoms with van der Waals surface area (Å²) in [7, 11) is 0. The zero-order chi connectivity index (χ0) is 14.5. The van der Waals surface area contributed by atoms with Crippen LogP contribution in [-0.2, 0) is 4.79 Å². The summed E-state index contributed by atoms with van der Waals surface area (Å²) < 4.78 is 1.86. The van der Waals surface area contributed by atoms with Crippen LogP contribution in [-0.4, -0.2) is 36.9 Å². The van der Waals surface area contributed by atoms with Gasteiger partial charge in [0.2, 0.25) is 11.1 Å². The average Bonchev–Trinajstić information content (AvgIpc) is 3.17. The molecule has 2 heterocycles. The van der Waals surface area contributed by atoms with Crippen LogP contribution >= 0.6 is 11.8 Å². The van der Waals surface area contributed by atoms with Crippen molar-refractivity contribution in [2.24, 2.45) is 0 Å². The molecule has 1 aliphatic rings. The summed E-state index contributed by atoms with van der Waals surface area (Å²) in [5.41, 5.74) is 0.742. The monoisotopic (exact) mass is 304 g/mol. The van der Waals surface area contributed by atoms with Gasteiger partial charge in [-0.1, -0.05) is 24.6 Å². The molecule has 0 aliphatic heterocycles. The van der Waals surface area contributed by atoms with Crippen LogP contribution in [0, 0.1) is 0 Å². The molecule has 0 radical (unpaired) electrons. The molecule has 3 rings (SSSR count). The molecule has 2 aromatic rings. The maximum absolute atomic E-state index is 11.9. The van der Waals surface area contributed by atoms with Crippen molar-refractivity contribution in [1.29, 1.82) is 0 Å². The molecular formula is C13H16N6OS. The van der Waals surface area contributed by atoms with E-state index in [1.54, 1.807) is 24.5 Å². The van der Waals surface area contributed by atoms with E-state index in [0.717, 1.165) is 18.5 Å². The molecule has 0 unspecified atom stereocenters. The zero-order valence-electron chi connectivity index (χ0n) is 11.5. The van der Waals surface area contributed by atoms with Gasteiger partial charge in [-0.05, 0) is 35.4 Å². The number of amides is 1. The molecule has 1 fully saturated rings. The zero-order valence-corrected chi connectivity index (χ0v) is 12.3. The normalized spacial score (nSPS) is 15.2. The molecular weight excluding hydrogens is 288 g/mol. The van der Waals surface area contributed by atoms with E-state index in [0.29, 0.717) is 11.2 Å². The third kappa shape index (κ3) is 3.57. The SMILES string of the molecule is O=C(CSc1nnnn1C1CCCC1)Nc1ccncc1. The van der Waals surface area contributed by atoms with Crippen LogP contribution < -0.4 is 5.32 Å². The Morgan fingerprint density at radius 1 is 1.33 bits per heavy atom. The average molecular weight is 304 g/mol. The van der Waals surface area contributed by atoms with E-state index < -0.39 is 0 Å². The van der Waals surface area contributed by atoms with E-state index in [1.165, 1.54) is 24.6 Å². The molecule has 1 N–H and O–H groups in total. The number of pyridine rings is 1. The summed E-state index contributed by atoms with van der Waals surface area (Å²) >= 11 is 1.37. The first-order valence-corrected chi connectivity index (χ1v) is 7.92. The van der Waals surface area contributed by atoms with Crippen LogP contribution in [0.25, 0.3) is 0 Å². The third-order valence-electron chi connectivity index (χ3n) is 3.43. The standard InChI is InChI=1S/C13H16N6OS/c20-12(15-10-5-7-14-8-6-10)9-21-13-16-17-18-19(13)11-3-1-2-4-11/h5-8,11H,1-4,9H2,(H,14,15,20). The molecule has 0 saturated heterocycles. The van der Waals surface area contributed by atoms with E-state index in [1.807, 2.05) is 4.68 Å². The minimum absolute atomic E-state index is 0.0767. The predicted molar refractivity (Wildman–Crippen MR) is 78.9 cm³/mol. The fourth-order valence-corrected chi connectivity index (χ4v) is 3.17. The number of nitrogens with one attached hydrogen (secondary N) is 1. The Morgan fingerprint density at radius 2 is 2.10 bits per heavy atom. The maximum atomic E-state index is 11.9. The Bertz CT molecular complexity index is 596. The van der Waals surface area contributed by atoms with Crippen LogP contribution in [0.5, 0.6) is 0 Å². The quantitative estimate of drug-likeness (QED) is 0.849. The number of tetrazole rings is 1. The van der Waals surface area contributed by atoms with E-state index in [-0.39, 0.29) is 11.7 Å². The summed E-state index contributed by atoms with van der Waals surface area (Å²) in [6.07, 6.45) is 7.95. The van der Waals surface area contributed by atoms with Crippen LogP contribution in [0.15, 0.2) is 29.7 Å². The Morgan fingerprint density at radius 3 is 2.86 bits per heavy atom. The van der Waals surface area contributed by atoms with Crippen molar-refractivity contribution >= 4 is 23.4 Å². The number of aromatic nitrogens is 5. The van der Waals surface area contributed by atoms with Crippen molar-refractivity contribution < 1.29 is 4.79 Å². The summed E-state index contributed by atoms with van der Waals surface area (Å²) in [6, 6.07) is 3.89. The van der Waals surface area contributed by atoms with E-state index in [2.05, 4.69) is 25.8 Å². The second kappa shape index (κ2) is 6.66.